The van der Waals surface area contributed by atoms with Crippen LogP contribution in [0.25, 0.3) is 0 Å². The normalized spacial score (nSPS) is 17.2. The van der Waals surface area contributed by atoms with Crippen molar-refractivity contribution in [3.8, 4) is 0 Å². The summed E-state index contributed by atoms with van der Waals surface area (Å²) in [6, 6.07) is 20.2. The smallest absolute Gasteiger partial charge is 0.237 e. The molecule has 4 nitrogen and oxygen atoms in total. The van der Waals surface area contributed by atoms with E-state index in [1.807, 2.05) is 36.4 Å². The van der Waals surface area contributed by atoms with Crippen molar-refractivity contribution in [2.75, 3.05) is 13.1 Å². The van der Waals surface area contributed by atoms with Gasteiger partial charge in [-0.2, -0.15) is 0 Å². The maximum Gasteiger partial charge on any atom is 0.237 e. The lowest BCUT2D eigenvalue weighted by atomic mass is 10.0. The number of carbonyl (C=O) groups is 1. The molecule has 1 heterocycles. The van der Waals surface area contributed by atoms with Crippen molar-refractivity contribution in [2.45, 2.75) is 37.9 Å². The van der Waals surface area contributed by atoms with Crippen LogP contribution in [0.2, 0.25) is 0 Å². The molecule has 1 atom stereocenters. The Morgan fingerprint density at radius 2 is 1.56 bits per heavy atom. The first kappa shape index (κ1) is 17.6. The summed E-state index contributed by atoms with van der Waals surface area (Å²) in [5.74, 6) is -0.0367. The minimum absolute atomic E-state index is 0.0367. The van der Waals surface area contributed by atoms with E-state index >= 15 is 0 Å². The summed E-state index contributed by atoms with van der Waals surface area (Å²) in [5.41, 5.74) is 8.52. The highest BCUT2D eigenvalue weighted by Gasteiger charge is 2.23. The van der Waals surface area contributed by atoms with Gasteiger partial charge in [-0.25, -0.2) is 0 Å². The Balaban J connectivity index is 1.41. The number of amides is 1. The maximum atomic E-state index is 12.3. The van der Waals surface area contributed by atoms with E-state index in [4.69, 9.17) is 5.73 Å². The number of nitrogens with zero attached hydrogens (tertiary/aromatic N) is 1. The summed E-state index contributed by atoms with van der Waals surface area (Å²) in [6.07, 6.45) is 2.55. The van der Waals surface area contributed by atoms with Gasteiger partial charge in [0.15, 0.2) is 0 Å². The third-order valence-corrected chi connectivity index (χ3v) is 4.82. The second-order valence-electron chi connectivity index (χ2n) is 6.84. The lowest BCUT2D eigenvalue weighted by Gasteiger charge is -2.32. The van der Waals surface area contributed by atoms with Gasteiger partial charge in [-0.15, -0.1) is 0 Å². The highest BCUT2D eigenvalue weighted by Crippen LogP contribution is 2.14. The molecule has 0 aromatic heterocycles. The number of benzene rings is 2. The van der Waals surface area contributed by atoms with Gasteiger partial charge in [0.25, 0.3) is 0 Å². The fourth-order valence-corrected chi connectivity index (χ4v) is 3.35. The summed E-state index contributed by atoms with van der Waals surface area (Å²) >= 11 is 0. The number of nitrogens with one attached hydrogen (secondary N) is 1. The van der Waals surface area contributed by atoms with Gasteiger partial charge in [0, 0.05) is 25.7 Å². The first-order chi connectivity index (χ1) is 12.2. The highest BCUT2D eigenvalue weighted by atomic mass is 16.2. The Kier molecular flexibility index (Phi) is 6.20. The van der Waals surface area contributed by atoms with E-state index < -0.39 is 6.04 Å². The van der Waals surface area contributed by atoms with E-state index in [0.717, 1.165) is 38.0 Å². The van der Waals surface area contributed by atoms with E-state index in [1.54, 1.807) is 0 Å². The minimum Gasteiger partial charge on any atom is -0.352 e. The fraction of sp³-hybridized carbons (Fsp3) is 0.381. The molecular weight excluding hydrogens is 310 g/mol. The van der Waals surface area contributed by atoms with E-state index in [2.05, 4.69) is 34.5 Å². The predicted octanol–water partition coefficient (Wildman–Crippen LogP) is 2.34. The van der Waals surface area contributed by atoms with E-state index in [-0.39, 0.29) is 11.9 Å². The number of rotatable bonds is 6. The van der Waals surface area contributed by atoms with Crippen molar-refractivity contribution in [1.29, 1.82) is 0 Å². The molecule has 25 heavy (non-hydrogen) atoms. The standard InChI is InChI=1S/C21H27N3O/c22-20(15-17-7-3-1-4-8-17)21(25)23-19-11-13-24(14-12-19)16-18-9-5-2-6-10-18/h1-10,19-20H,11-16,22H2,(H,23,25). The number of carbonyl (C=O) groups excluding carboxylic acids is 1. The predicted molar refractivity (Wildman–Crippen MR) is 101 cm³/mol. The Bertz CT molecular complexity index is 651. The van der Waals surface area contributed by atoms with Gasteiger partial charge in [0.05, 0.1) is 6.04 Å². The van der Waals surface area contributed by atoms with Crippen molar-refractivity contribution in [2.24, 2.45) is 5.73 Å². The second kappa shape index (κ2) is 8.79. The first-order valence-electron chi connectivity index (χ1n) is 9.07. The molecule has 1 aliphatic heterocycles. The minimum atomic E-state index is -0.482. The van der Waals surface area contributed by atoms with Crippen LogP contribution in [-0.4, -0.2) is 36.0 Å². The van der Waals surface area contributed by atoms with E-state index in [9.17, 15) is 4.79 Å². The van der Waals surface area contributed by atoms with Gasteiger partial charge in [0.2, 0.25) is 5.91 Å². The number of nitrogens with two attached hydrogens (primary N) is 1. The van der Waals surface area contributed by atoms with Crippen LogP contribution in [0.3, 0.4) is 0 Å². The second-order valence-corrected chi connectivity index (χ2v) is 6.84. The molecule has 2 aromatic rings. The number of likely N-dealkylation sites (tertiary alicyclic amines) is 1. The van der Waals surface area contributed by atoms with Gasteiger partial charge >= 0.3 is 0 Å². The van der Waals surface area contributed by atoms with Crippen LogP contribution < -0.4 is 11.1 Å². The molecule has 1 amide bonds. The van der Waals surface area contributed by atoms with Crippen molar-refractivity contribution >= 4 is 5.91 Å². The molecule has 1 aliphatic rings. The molecule has 132 valence electrons. The molecule has 0 radical (unpaired) electrons. The summed E-state index contributed by atoms with van der Waals surface area (Å²) in [6.45, 7) is 3.00. The molecule has 3 rings (SSSR count). The van der Waals surface area contributed by atoms with Gasteiger partial charge in [0.1, 0.15) is 0 Å². The average molecular weight is 337 g/mol. The summed E-state index contributed by atoms with van der Waals surface area (Å²) in [5, 5.41) is 3.13. The Hall–Kier alpha value is -2.17. The zero-order valence-electron chi connectivity index (χ0n) is 14.6. The molecular formula is C21H27N3O. The Morgan fingerprint density at radius 3 is 2.16 bits per heavy atom. The maximum absolute atomic E-state index is 12.3. The van der Waals surface area contributed by atoms with Crippen LogP contribution in [0.15, 0.2) is 60.7 Å². The number of piperidine rings is 1. The van der Waals surface area contributed by atoms with Crippen LogP contribution >= 0.6 is 0 Å². The highest BCUT2D eigenvalue weighted by molar-refractivity contribution is 5.82. The number of hydrogen-bond donors (Lipinski definition) is 2. The Labute approximate surface area is 150 Å². The fourth-order valence-electron chi connectivity index (χ4n) is 3.35. The van der Waals surface area contributed by atoms with E-state index in [1.165, 1.54) is 5.56 Å². The zero-order chi connectivity index (χ0) is 17.5. The zero-order valence-corrected chi connectivity index (χ0v) is 14.6. The van der Waals surface area contributed by atoms with Gasteiger partial charge in [-0.3, -0.25) is 9.69 Å². The summed E-state index contributed by atoms with van der Waals surface area (Å²) in [4.78, 5) is 14.8. The van der Waals surface area contributed by atoms with E-state index in [0.29, 0.717) is 6.42 Å². The van der Waals surface area contributed by atoms with Crippen LogP contribution in [0.5, 0.6) is 0 Å². The average Bonchev–Trinajstić information content (AvgIpc) is 2.65. The van der Waals surface area contributed by atoms with Gasteiger partial charge in [-0.1, -0.05) is 60.7 Å². The molecule has 4 heteroatoms. The first-order valence-corrected chi connectivity index (χ1v) is 9.07. The monoisotopic (exact) mass is 337 g/mol. The third kappa shape index (κ3) is 5.41. The summed E-state index contributed by atoms with van der Waals surface area (Å²) < 4.78 is 0. The molecule has 0 saturated carbocycles. The van der Waals surface area contributed by atoms with Gasteiger partial charge in [-0.05, 0) is 30.4 Å². The molecule has 2 aromatic carbocycles. The van der Waals surface area contributed by atoms with Crippen molar-refractivity contribution in [3.05, 3.63) is 71.8 Å². The molecule has 1 unspecified atom stereocenters. The quantitative estimate of drug-likeness (QED) is 0.851. The van der Waals surface area contributed by atoms with Crippen LogP contribution in [0.1, 0.15) is 24.0 Å². The number of hydrogen-bond acceptors (Lipinski definition) is 3. The van der Waals surface area contributed by atoms with Gasteiger partial charge < -0.3 is 11.1 Å². The molecule has 1 fully saturated rings. The SMILES string of the molecule is NC(Cc1ccccc1)C(=O)NC1CCN(Cc2ccccc2)CC1. The molecule has 3 N–H and O–H groups in total. The molecule has 1 saturated heterocycles. The van der Waals surface area contributed by atoms with Crippen LogP contribution in [0, 0.1) is 0 Å². The lowest BCUT2D eigenvalue weighted by molar-refractivity contribution is -0.123. The van der Waals surface area contributed by atoms with Crippen molar-refractivity contribution in [3.63, 3.8) is 0 Å². The largest absolute Gasteiger partial charge is 0.352 e. The van der Waals surface area contributed by atoms with Crippen molar-refractivity contribution in [1.82, 2.24) is 10.2 Å². The molecule has 0 spiro atoms. The third-order valence-electron chi connectivity index (χ3n) is 4.82. The van der Waals surface area contributed by atoms with Crippen LogP contribution in [0.4, 0.5) is 0 Å². The van der Waals surface area contributed by atoms with Crippen LogP contribution in [-0.2, 0) is 17.8 Å². The molecule has 0 bridgehead atoms. The summed E-state index contributed by atoms with van der Waals surface area (Å²) in [7, 11) is 0. The lowest BCUT2D eigenvalue weighted by Crippen LogP contribution is -2.50. The molecule has 0 aliphatic carbocycles. The Morgan fingerprint density at radius 1 is 1.00 bits per heavy atom. The topological polar surface area (TPSA) is 58.4 Å². The van der Waals surface area contributed by atoms with Crippen molar-refractivity contribution < 1.29 is 4.79 Å².